The number of anilines is 1. The Bertz CT molecular complexity index is 567. The number of hydrogen-bond acceptors (Lipinski definition) is 7. The Hall–Kier alpha value is -2.69. The summed E-state index contributed by atoms with van der Waals surface area (Å²) < 4.78 is 4.53. The van der Waals surface area contributed by atoms with Gasteiger partial charge in [0.25, 0.3) is 0 Å². The van der Waals surface area contributed by atoms with E-state index >= 15 is 0 Å². The fourth-order valence-electron chi connectivity index (χ4n) is 1.62. The zero-order valence-corrected chi connectivity index (χ0v) is 11.4. The van der Waals surface area contributed by atoms with Gasteiger partial charge in [-0.3, -0.25) is 10.1 Å². The van der Waals surface area contributed by atoms with E-state index < -0.39 is 10.9 Å². The van der Waals surface area contributed by atoms with Crippen LogP contribution >= 0.6 is 0 Å². The van der Waals surface area contributed by atoms with Crippen molar-refractivity contribution in [2.75, 3.05) is 25.6 Å². The van der Waals surface area contributed by atoms with E-state index in [1.165, 1.54) is 24.1 Å². The van der Waals surface area contributed by atoms with E-state index in [9.17, 15) is 14.9 Å². The highest BCUT2D eigenvalue weighted by Crippen LogP contribution is 2.26. The number of pyridine rings is 1. The Balaban J connectivity index is 3.22. The van der Waals surface area contributed by atoms with Crippen molar-refractivity contribution in [3.63, 3.8) is 0 Å². The minimum Gasteiger partial charge on any atom is -0.464 e. The lowest BCUT2D eigenvalue weighted by Crippen LogP contribution is -2.25. The van der Waals surface area contributed by atoms with Gasteiger partial charge in [-0.2, -0.15) is 5.26 Å². The first-order chi connectivity index (χ1) is 9.40. The lowest BCUT2D eigenvalue weighted by molar-refractivity contribution is -0.384. The van der Waals surface area contributed by atoms with Crippen LogP contribution in [0.1, 0.15) is 17.4 Å². The van der Waals surface area contributed by atoms with Crippen LogP contribution in [0.4, 0.5) is 11.5 Å². The fraction of sp³-hybridized carbons (Fsp3) is 0.417. The quantitative estimate of drug-likeness (QED) is 0.454. The van der Waals surface area contributed by atoms with E-state index in [1.54, 1.807) is 14.0 Å². The standard InChI is InChI=1S/C12H14N4O4/c1-8(6-13)7-15(2)11-10(16(18)19)5-4-9(14-11)12(17)20-3/h4-5,8H,7H2,1-3H3. The molecular weight excluding hydrogens is 264 g/mol. The second-order valence-electron chi connectivity index (χ2n) is 4.20. The highest BCUT2D eigenvalue weighted by Gasteiger charge is 2.22. The second-order valence-corrected chi connectivity index (χ2v) is 4.20. The monoisotopic (exact) mass is 278 g/mol. The summed E-state index contributed by atoms with van der Waals surface area (Å²) in [6, 6.07) is 4.46. The molecule has 0 spiro atoms. The number of aromatic nitrogens is 1. The van der Waals surface area contributed by atoms with Gasteiger partial charge in [0.2, 0.25) is 5.82 Å². The van der Waals surface area contributed by atoms with Crippen molar-refractivity contribution in [2.45, 2.75) is 6.92 Å². The molecule has 20 heavy (non-hydrogen) atoms. The number of nitrogens with zero attached hydrogens (tertiary/aromatic N) is 4. The molecule has 0 saturated heterocycles. The van der Waals surface area contributed by atoms with Crippen LogP contribution in [0.5, 0.6) is 0 Å². The molecule has 0 aliphatic heterocycles. The van der Waals surface area contributed by atoms with Gasteiger partial charge in [0, 0.05) is 19.7 Å². The van der Waals surface area contributed by atoms with Gasteiger partial charge in [0.15, 0.2) is 5.69 Å². The van der Waals surface area contributed by atoms with Crippen molar-refractivity contribution >= 4 is 17.5 Å². The molecule has 0 fully saturated rings. The van der Waals surface area contributed by atoms with Crippen LogP contribution in [0.3, 0.4) is 0 Å². The SMILES string of the molecule is COC(=O)c1ccc([N+](=O)[O-])c(N(C)CC(C)C#N)n1. The van der Waals surface area contributed by atoms with Crippen LogP contribution < -0.4 is 4.90 Å². The summed E-state index contributed by atoms with van der Waals surface area (Å²) >= 11 is 0. The molecule has 8 heteroatoms. The topological polar surface area (TPSA) is 109 Å². The Morgan fingerprint density at radius 1 is 1.65 bits per heavy atom. The molecule has 1 aromatic heterocycles. The Kier molecular flexibility index (Phi) is 4.97. The Morgan fingerprint density at radius 3 is 2.80 bits per heavy atom. The molecule has 106 valence electrons. The van der Waals surface area contributed by atoms with Crippen LogP contribution in [0.15, 0.2) is 12.1 Å². The molecule has 1 rings (SSSR count). The van der Waals surface area contributed by atoms with Gasteiger partial charge in [0.1, 0.15) is 0 Å². The minimum atomic E-state index is -0.678. The number of esters is 1. The molecule has 0 radical (unpaired) electrons. The summed E-state index contributed by atoms with van der Waals surface area (Å²) in [7, 11) is 2.77. The molecule has 0 aromatic carbocycles. The van der Waals surface area contributed by atoms with Crippen molar-refractivity contribution in [3.05, 3.63) is 27.9 Å². The minimum absolute atomic E-state index is 0.0236. The molecule has 0 aliphatic rings. The molecule has 0 aliphatic carbocycles. The number of carbonyl (C=O) groups is 1. The van der Waals surface area contributed by atoms with Gasteiger partial charge < -0.3 is 9.64 Å². The normalized spacial score (nSPS) is 11.3. The van der Waals surface area contributed by atoms with Crippen LogP contribution in [-0.2, 0) is 4.74 Å². The third kappa shape index (κ3) is 3.41. The zero-order valence-electron chi connectivity index (χ0n) is 11.4. The number of carbonyl (C=O) groups excluding carboxylic acids is 1. The third-order valence-corrected chi connectivity index (χ3v) is 2.58. The molecular formula is C12H14N4O4. The van der Waals surface area contributed by atoms with E-state index in [2.05, 4.69) is 9.72 Å². The molecule has 0 bridgehead atoms. The second kappa shape index (κ2) is 6.47. The maximum Gasteiger partial charge on any atom is 0.356 e. The summed E-state index contributed by atoms with van der Waals surface area (Å²) in [6.45, 7) is 1.95. The van der Waals surface area contributed by atoms with Crippen LogP contribution in [0, 0.1) is 27.4 Å². The van der Waals surface area contributed by atoms with Gasteiger partial charge >= 0.3 is 11.7 Å². The van der Waals surface area contributed by atoms with E-state index in [-0.39, 0.29) is 29.7 Å². The summed E-state index contributed by atoms with van der Waals surface area (Å²) in [5, 5.41) is 19.8. The zero-order chi connectivity index (χ0) is 15.3. The van der Waals surface area contributed by atoms with Gasteiger partial charge in [-0.25, -0.2) is 9.78 Å². The van der Waals surface area contributed by atoms with Gasteiger partial charge in [-0.05, 0) is 13.0 Å². The molecule has 8 nitrogen and oxygen atoms in total. The fourth-order valence-corrected chi connectivity index (χ4v) is 1.62. The van der Waals surface area contributed by atoms with Crippen molar-refractivity contribution in [2.24, 2.45) is 5.92 Å². The molecule has 0 saturated carbocycles. The molecule has 0 amide bonds. The van der Waals surface area contributed by atoms with E-state index in [0.29, 0.717) is 0 Å². The number of nitriles is 1. The molecule has 1 heterocycles. The number of rotatable bonds is 5. The number of methoxy groups -OCH3 is 1. The average molecular weight is 278 g/mol. The van der Waals surface area contributed by atoms with E-state index in [0.717, 1.165) is 0 Å². The maximum absolute atomic E-state index is 11.4. The third-order valence-electron chi connectivity index (χ3n) is 2.58. The van der Waals surface area contributed by atoms with Gasteiger partial charge in [0.05, 0.1) is 24.0 Å². The lowest BCUT2D eigenvalue weighted by Gasteiger charge is -2.19. The Morgan fingerprint density at radius 2 is 2.30 bits per heavy atom. The number of hydrogen-bond donors (Lipinski definition) is 0. The van der Waals surface area contributed by atoms with Crippen molar-refractivity contribution in [1.82, 2.24) is 4.98 Å². The van der Waals surface area contributed by atoms with Crippen LogP contribution in [0.2, 0.25) is 0 Å². The van der Waals surface area contributed by atoms with Crippen molar-refractivity contribution in [1.29, 1.82) is 5.26 Å². The van der Waals surface area contributed by atoms with E-state index in [4.69, 9.17) is 5.26 Å². The summed E-state index contributed by atoms with van der Waals surface area (Å²) in [5.74, 6) is -0.980. The van der Waals surface area contributed by atoms with Crippen LogP contribution in [0.25, 0.3) is 0 Å². The Labute approximate surface area is 115 Å². The van der Waals surface area contributed by atoms with Crippen molar-refractivity contribution < 1.29 is 14.5 Å². The molecule has 1 unspecified atom stereocenters. The predicted molar refractivity (Wildman–Crippen MR) is 70.3 cm³/mol. The maximum atomic E-state index is 11.4. The van der Waals surface area contributed by atoms with Gasteiger partial charge in [-0.1, -0.05) is 0 Å². The first-order valence-corrected chi connectivity index (χ1v) is 5.75. The summed E-state index contributed by atoms with van der Waals surface area (Å²) in [5.41, 5.74) is -0.255. The average Bonchev–Trinajstić information content (AvgIpc) is 2.45. The first kappa shape index (κ1) is 15.4. The molecule has 1 aromatic rings. The largest absolute Gasteiger partial charge is 0.464 e. The highest BCUT2D eigenvalue weighted by atomic mass is 16.6. The molecule has 1 atom stereocenters. The summed E-state index contributed by atoms with van der Waals surface area (Å²) in [4.78, 5) is 27.2. The number of ether oxygens (including phenoxy) is 1. The number of nitro groups is 1. The predicted octanol–water partition coefficient (Wildman–Crippen LogP) is 1.37. The van der Waals surface area contributed by atoms with Crippen LogP contribution in [-0.4, -0.2) is 36.6 Å². The lowest BCUT2D eigenvalue weighted by atomic mass is 10.2. The first-order valence-electron chi connectivity index (χ1n) is 5.75. The van der Waals surface area contributed by atoms with Gasteiger partial charge in [-0.15, -0.1) is 0 Å². The van der Waals surface area contributed by atoms with E-state index in [1.807, 2.05) is 6.07 Å². The smallest absolute Gasteiger partial charge is 0.356 e. The van der Waals surface area contributed by atoms with Crippen molar-refractivity contribution in [3.8, 4) is 6.07 Å². The highest BCUT2D eigenvalue weighted by molar-refractivity contribution is 5.88. The molecule has 0 N–H and O–H groups in total. The summed E-state index contributed by atoms with van der Waals surface area (Å²) in [6.07, 6.45) is 0.